The second-order valence-electron chi connectivity index (χ2n) is 1.35. The van der Waals surface area contributed by atoms with E-state index in [2.05, 4.69) is 4.74 Å². The van der Waals surface area contributed by atoms with Crippen LogP contribution in [0.15, 0.2) is 0 Å². The van der Waals surface area contributed by atoms with E-state index in [-0.39, 0.29) is 5.97 Å². The van der Waals surface area contributed by atoms with Crippen molar-refractivity contribution in [2.45, 2.75) is 12.8 Å². The molecule has 0 aliphatic carbocycles. The van der Waals surface area contributed by atoms with Gasteiger partial charge in [-0.3, -0.25) is 4.79 Å². The minimum atomic E-state index is -0.216. The van der Waals surface area contributed by atoms with E-state index in [0.717, 1.165) is 0 Å². The van der Waals surface area contributed by atoms with Gasteiger partial charge in [-0.2, -0.15) is 0 Å². The Labute approximate surface area is 48.8 Å². The molecule has 0 aliphatic rings. The highest BCUT2D eigenvalue weighted by Crippen LogP contribution is 1.89. The molecular formula is C5H10NO2. The number of hydrogen-bond acceptors (Lipinski definition) is 3. The van der Waals surface area contributed by atoms with Crippen molar-refractivity contribution in [3.8, 4) is 0 Å². The molecule has 0 heterocycles. The quantitative estimate of drug-likeness (QED) is 0.530. The van der Waals surface area contributed by atoms with Crippen molar-refractivity contribution >= 4 is 5.97 Å². The summed E-state index contributed by atoms with van der Waals surface area (Å²) in [4.78, 5) is 10.3. The van der Waals surface area contributed by atoms with Gasteiger partial charge in [-0.05, 0) is 6.42 Å². The Morgan fingerprint density at radius 3 is 2.88 bits per heavy atom. The third-order valence-corrected chi connectivity index (χ3v) is 0.743. The van der Waals surface area contributed by atoms with E-state index in [1.807, 2.05) is 0 Å². The Balaban J connectivity index is 2.99. The van der Waals surface area contributed by atoms with Crippen molar-refractivity contribution in [1.29, 1.82) is 0 Å². The van der Waals surface area contributed by atoms with E-state index in [4.69, 9.17) is 5.73 Å². The summed E-state index contributed by atoms with van der Waals surface area (Å²) in [5.74, 6) is -0.216. The highest BCUT2D eigenvalue weighted by atomic mass is 16.5. The summed E-state index contributed by atoms with van der Waals surface area (Å²) in [7, 11) is 1.36. The maximum atomic E-state index is 10.3. The molecule has 0 atom stereocenters. The predicted octanol–water partition coefficient (Wildman–Crippen LogP) is 0.0601. The van der Waals surface area contributed by atoms with Crippen molar-refractivity contribution in [1.82, 2.24) is 0 Å². The average molecular weight is 116 g/mol. The number of rotatable bonds is 3. The van der Waals surface area contributed by atoms with Gasteiger partial charge in [0.25, 0.3) is 0 Å². The first-order chi connectivity index (χ1) is 3.81. The summed E-state index contributed by atoms with van der Waals surface area (Å²) in [6, 6.07) is 0. The van der Waals surface area contributed by atoms with Crippen LogP contribution < -0.4 is 5.73 Å². The molecule has 0 saturated carbocycles. The smallest absolute Gasteiger partial charge is 0.305 e. The van der Waals surface area contributed by atoms with Crippen LogP contribution in [0.2, 0.25) is 0 Å². The van der Waals surface area contributed by atoms with Crippen molar-refractivity contribution in [2.24, 2.45) is 5.73 Å². The average Bonchev–Trinajstić information content (AvgIpc) is 1.83. The van der Waals surface area contributed by atoms with E-state index in [1.165, 1.54) is 13.7 Å². The number of ether oxygens (including phenoxy) is 1. The van der Waals surface area contributed by atoms with E-state index < -0.39 is 0 Å². The Bertz CT molecular complexity index is 72.8. The van der Waals surface area contributed by atoms with Crippen LogP contribution in [0.4, 0.5) is 0 Å². The Kier molecular flexibility index (Phi) is 4.26. The van der Waals surface area contributed by atoms with Crippen LogP contribution in [0.1, 0.15) is 12.8 Å². The van der Waals surface area contributed by atoms with Gasteiger partial charge in [0.15, 0.2) is 0 Å². The zero-order valence-electron chi connectivity index (χ0n) is 4.89. The van der Waals surface area contributed by atoms with E-state index >= 15 is 0 Å². The molecule has 0 saturated heterocycles. The molecule has 0 aromatic carbocycles. The van der Waals surface area contributed by atoms with Gasteiger partial charge in [-0.15, -0.1) is 0 Å². The molecule has 0 bridgehead atoms. The number of methoxy groups -OCH3 is 1. The van der Waals surface area contributed by atoms with Gasteiger partial charge in [0, 0.05) is 13.0 Å². The second-order valence-corrected chi connectivity index (χ2v) is 1.35. The van der Waals surface area contributed by atoms with Gasteiger partial charge in [0.2, 0.25) is 0 Å². The maximum absolute atomic E-state index is 10.3. The van der Waals surface area contributed by atoms with Crippen molar-refractivity contribution < 1.29 is 9.53 Å². The molecule has 3 heteroatoms. The molecule has 0 rings (SSSR count). The molecule has 1 radical (unpaired) electrons. The fourth-order valence-electron chi connectivity index (χ4n) is 0.303. The lowest BCUT2D eigenvalue weighted by atomic mass is 10.3. The standard InChI is InChI=1S/C5H10NO2/c1-8-5(7)3-2-4-6/h4H,2-3,6H2,1H3. The van der Waals surface area contributed by atoms with Crippen LogP contribution in [0.25, 0.3) is 0 Å². The Morgan fingerprint density at radius 1 is 1.88 bits per heavy atom. The summed E-state index contributed by atoms with van der Waals surface area (Å²) < 4.78 is 4.34. The second kappa shape index (κ2) is 4.59. The zero-order valence-corrected chi connectivity index (χ0v) is 4.89. The molecule has 0 aromatic heterocycles. The molecule has 0 fully saturated rings. The molecule has 0 spiro atoms. The van der Waals surface area contributed by atoms with Crippen LogP contribution in [-0.4, -0.2) is 13.1 Å². The fraction of sp³-hybridized carbons (Fsp3) is 0.600. The topological polar surface area (TPSA) is 52.3 Å². The Morgan fingerprint density at radius 2 is 2.50 bits per heavy atom. The Hall–Kier alpha value is -0.570. The number of nitrogens with two attached hydrogens (primary N) is 1. The highest BCUT2D eigenvalue weighted by molar-refractivity contribution is 5.69. The van der Waals surface area contributed by atoms with Gasteiger partial charge in [0.1, 0.15) is 0 Å². The third-order valence-electron chi connectivity index (χ3n) is 0.743. The predicted molar refractivity (Wildman–Crippen MR) is 29.7 cm³/mol. The van der Waals surface area contributed by atoms with Gasteiger partial charge < -0.3 is 10.5 Å². The number of esters is 1. The largest absolute Gasteiger partial charge is 0.469 e. The third kappa shape index (κ3) is 3.61. The lowest BCUT2D eigenvalue weighted by molar-refractivity contribution is -0.140. The molecule has 47 valence electrons. The number of hydrogen-bond donors (Lipinski definition) is 1. The summed E-state index contributed by atoms with van der Waals surface area (Å²) in [5, 5.41) is 0. The summed E-state index contributed by atoms with van der Waals surface area (Å²) in [6.45, 7) is 1.44. The van der Waals surface area contributed by atoms with Crippen LogP contribution >= 0.6 is 0 Å². The maximum Gasteiger partial charge on any atom is 0.305 e. The van der Waals surface area contributed by atoms with Crippen molar-refractivity contribution in [3.05, 3.63) is 6.54 Å². The van der Waals surface area contributed by atoms with Gasteiger partial charge in [-0.25, -0.2) is 0 Å². The molecular weight excluding hydrogens is 106 g/mol. The lowest BCUT2D eigenvalue weighted by Crippen LogP contribution is -2.01. The molecule has 0 aliphatic heterocycles. The number of carbonyl (C=O) groups excluding carboxylic acids is 1. The van der Waals surface area contributed by atoms with Crippen LogP contribution in [0, 0.1) is 6.54 Å². The monoisotopic (exact) mass is 116 g/mol. The zero-order chi connectivity index (χ0) is 6.41. The SMILES string of the molecule is COC(=O)CC[CH]N. The molecule has 8 heavy (non-hydrogen) atoms. The van der Waals surface area contributed by atoms with E-state index in [9.17, 15) is 4.79 Å². The molecule has 3 nitrogen and oxygen atoms in total. The fourth-order valence-corrected chi connectivity index (χ4v) is 0.303. The summed E-state index contributed by atoms with van der Waals surface area (Å²) in [5.41, 5.74) is 5.00. The van der Waals surface area contributed by atoms with E-state index in [1.54, 1.807) is 0 Å². The molecule has 0 unspecified atom stereocenters. The van der Waals surface area contributed by atoms with Gasteiger partial charge in [0.05, 0.1) is 7.11 Å². The summed E-state index contributed by atoms with van der Waals surface area (Å²) in [6.07, 6.45) is 0.972. The highest BCUT2D eigenvalue weighted by Gasteiger charge is 1.95. The van der Waals surface area contributed by atoms with Gasteiger partial charge in [-0.1, -0.05) is 0 Å². The van der Waals surface area contributed by atoms with Crippen molar-refractivity contribution in [3.63, 3.8) is 0 Å². The lowest BCUT2D eigenvalue weighted by Gasteiger charge is -1.93. The number of carbonyl (C=O) groups is 1. The van der Waals surface area contributed by atoms with Gasteiger partial charge >= 0.3 is 5.97 Å². The van der Waals surface area contributed by atoms with Crippen molar-refractivity contribution in [2.75, 3.05) is 7.11 Å². The molecule has 2 N–H and O–H groups in total. The molecule has 0 amide bonds. The first kappa shape index (κ1) is 7.43. The van der Waals surface area contributed by atoms with Crippen LogP contribution in [-0.2, 0) is 9.53 Å². The normalized spacial score (nSPS) is 8.75. The first-order valence-electron chi connectivity index (χ1n) is 2.41. The summed E-state index contributed by atoms with van der Waals surface area (Å²) >= 11 is 0. The minimum absolute atomic E-state index is 0.216. The molecule has 0 aromatic rings. The first-order valence-corrected chi connectivity index (χ1v) is 2.41. The van der Waals surface area contributed by atoms with Crippen LogP contribution in [0.5, 0.6) is 0 Å². The minimum Gasteiger partial charge on any atom is -0.469 e. The van der Waals surface area contributed by atoms with E-state index in [0.29, 0.717) is 12.8 Å². The van der Waals surface area contributed by atoms with Crippen LogP contribution in [0.3, 0.4) is 0 Å².